The number of carbonyl (C=O) groups excluding carboxylic acids is 1. The first-order valence-electron chi connectivity index (χ1n) is 6.35. The molecule has 0 radical (unpaired) electrons. The topological polar surface area (TPSA) is 83.0 Å². The van der Waals surface area contributed by atoms with Crippen molar-refractivity contribution in [3.63, 3.8) is 0 Å². The number of rotatable bonds is 9. The molecule has 1 aromatic heterocycles. The Hall–Kier alpha value is -1.71. The van der Waals surface area contributed by atoms with E-state index in [1.54, 1.807) is 17.8 Å². The molecule has 0 spiro atoms. The van der Waals surface area contributed by atoms with Gasteiger partial charge in [-0.2, -0.15) is 0 Å². The molecule has 0 bridgehead atoms. The van der Waals surface area contributed by atoms with Crippen molar-refractivity contribution >= 4 is 5.78 Å². The van der Waals surface area contributed by atoms with Crippen molar-refractivity contribution in [1.29, 1.82) is 0 Å². The van der Waals surface area contributed by atoms with Crippen molar-refractivity contribution in [1.82, 2.24) is 15.0 Å². The van der Waals surface area contributed by atoms with E-state index in [0.29, 0.717) is 19.6 Å². The molecule has 1 heterocycles. The van der Waals surface area contributed by atoms with Crippen LogP contribution in [0.4, 0.5) is 0 Å². The molecular weight excluding hydrogens is 244 g/mol. The molecule has 104 valence electrons. The monoisotopic (exact) mass is 264 g/mol. The predicted molar refractivity (Wildman–Crippen MR) is 71.1 cm³/mol. The Morgan fingerprint density at radius 1 is 1.58 bits per heavy atom. The molecule has 0 fully saturated rings. The lowest BCUT2D eigenvalue weighted by molar-refractivity contribution is -0.114. The number of nitrogens with two attached hydrogens (primary N) is 1. The first-order valence-corrected chi connectivity index (χ1v) is 6.35. The third-order valence-electron chi connectivity index (χ3n) is 2.50. The van der Waals surface area contributed by atoms with E-state index in [0.717, 1.165) is 19.4 Å². The quantitative estimate of drug-likeness (QED) is 0.396. The van der Waals surface area contributed by atoms with Gasteiger partial charge >= 0.3 is 0 Å². The van der Waals surface area contributed by atoms with Crippen molar-refractivity contribution in [2.45, 2.75) is 38.8 Å². The molecule has 1 unspecified atom stereocenters. The van der Waals surface area contributed by atoms with Crippen LogP contribution in [0.1, 0.15) is 26.2 Å². The smallest absolute Gasteiger partial charge is 0.207 e. The van der Waals surface area contributed by atoms with Gasteiger partial charge in [0.25, 0.3) is 0 Å². The molecule has 0 aliphatic heterocycles. The summed E-state index contributed by atoms with van der Waals surface area (Å²) in [4.78, 5) is 11.1. The minimum atomic E-state index is -0.0951. The van der Waals surface area contributed by atoms with Crippen LogP contribution < -0.4 is 5.73 Å². The Balaban J connectivity index is 1.99. The molecular formula is C13H20N4O2. The number of aryl methyl sites for hydroxylation is 1. The lowest BCUT2D eigenvalue weighted by atomic mass is 10.2. The van der Waals surface area contributed by atoms with Gasteiger partial charge in [-0.1, -0.05) is 11.1 Å². The Bertz CT molecular complexity index is 420. The third-order valence-corrected chi connectivity index (χ3v) is 2.50. The minimum absolute atomic E-state index is 0.0177. The number of carbonyl (C=O) groups is 1. The molecule has 1 aromatic rings. The summed E-state index contributed by atoms with van der Waals surface area (Å²) in [6.45, 7) is 3.29. The number of Topliss-reactive ketones (excluding diaryl/α,β-unsaturated/α-hetero) is 1. The van der Waals surface area contributed by atoms with E-state index in [1.165, 1.54) is 0 Å². The van der Waals surface area contributed by atoms with Crippen molar-refractivity contribution < 1.29 is 9.53 Å². The fourth-order valence-electron chi connectivity index (χ4n) is 1.55. The van der Waals surface area contributed by atoms with E-state index in [-0.39, 0.29) is 11.8 Å². The molecule has 0 aromatic carbocycles. The zero-order valence-corrected chi connectivity index (χ0v) is 11.2. The molecule has 0 aliphatic carbocycles. The van der Waals surface area contributed by atoms with Gasteiger partial charge in [0.1, 0.15) is 0 Å². The Kier molecular flexibility index (Phi) is 7.47. The first-order chi connectivity index (χ1) is 9.22. The molecule has 2 N–H and O–H groups in total. The molecule has 0 amide bonds. The van der Waals surface area contributed by atoms with Gasteiger partial charge < -0.3 is 10.5 Å². The maximum atomic E-state index is 11.1. The predicted octanol–water partition coefficient (Wildman–Crippen LogP) is 0.385. The summed E-state index contributed by atoms with van der Waals surface area (Å²) in [5.74, 6) is 4.94. The summed E-state index contributed by atoms with van der Waals surface area (Å²) in [6, 6.07) is -0.0177. The largest absolute Gasteiger partial charge is 0.379 e. The van der Waals surface area contributed by atoms with Crippen LogP contribution in [-0.2, 0) is 16.1 Å². The Morgan fingerprint density at radius 3 is 3.11 bits per heavy atom. The highest BCUT2D eigenvalue weighted by atomic mass is 16.5. The summed E-state index contributed by atoms with van der Waals surface area (Å²) in [5.41, 5.74) is 5.91. The molecule has 0 saturated carbocycles. The van der Waals surface area contributed by atoms with Crippen molar-refractivity contribution in [3.05, 3.63) is 12.4 Å². The van der Waals surface area contributed by atoms with Gasteiger partial charge in [-0.25, -0.2) is 0 Å². The van der Waals surface area contributed by atoms with E-state index in [2.05, 4.69) is 22.2 Å². The molecule has 1 rings (SSSR count). The number of ketones is 1. The van der Waals surface area contributed by atoms with E-state index < -0.39 is 0 Å². The van der Waals surface area contributed by atoms with Gasteiger partial charge in [0, 0.05) is 25.2 Å². The average Bonchev–Trinajstić information content (AvgIpc) is 2.88. The zero-order valence-electron chi connectivity index (χ0n) is 11.2. The van der Waals surface area contributed by atoms with Crippen LogP contribution in [0.3, 0.4) is 0 Å². The second-order valence-corrected chi connectivity index (χ2v) is 4.19. The summed E-state index contributed by atoms with van der Waals surface area (Å²) in [7, 11) is 0. The number of hydrogen-bond donors (Lipinski definition) is 1. The fourth-order valence-corrected chi connectivity index (χ4v) is 1.55. The van der Waals surface area contributed by atoms with E-state index in [9.17, 15) is 4.79 Å². The standard InChI is InChI=1S/C13H20N4O2/c1-2-4-13(18)6-10-19-11-12(14)5-3-8-17-9-7-15-16-17/h7,9,12H,3,5-6,8,10-11,14H2,1H3. The third kappa shape index (κ3) is 7.34. The van der Waals surface area contributed by atoms with Gasteiger partial charge in [0.15, 0.2) is 0 Å². The minimum Gasteiger partial charge on any atom is -0.379 e. The second kappa shape index (κ2) is 9.25. The first kappa shape index (κ1) is 15.3. The van der Waals surface area contributed by atoms with Crippen LogP contribution in [0.5, 0.6) is 0 Å². The zero-order chi connectivity index (χ0) is 13.9. The summed E-state index contributed by atoms with van der Waals surface area (Å²) >= 11 is 0. The summed E-state index contributed by atoms with van der Waals surface area (Å²) < 4.78 is 7.13. The van der Waals surface area contributed by atoms with Crippen LogP contribution >= 0.6 is 0 Å². The normalized spacial score (nSPS) is 11.7. The van der Waals surface area contributed by atoms with E-state index in [4.69, 9.17) is 10.5 Å². The summed E-state index contributed by atoms with van der Waals surface area (Å²) in [6.07, 6.45) is 5.57. The maximum Gasteiger partial charge on any atom is 0.207 e. The average molecular weight is 264 g/mol. The maximum absolute atomic E-state index is 11.1. The van der Waals surface area contributed by atoms with Gasteiger partial charge in [-0.05, 0) is 25.7 Å². The van der Waals surface area contributed by atoms with Crippen LogP contribution in [0.25, 0.3) is 0 Å². The molecule has 1 atom stereocenters. The SMILES string of the molecule is CC#CC(=O)CCOCC(N)CCCn1ccnn1. The molecule has 0 aliphatic rings. The molecule has 6 nitrogen and oxygen atoms in total. The fraction of sp³-hybridized carbons (Fsp3) is 0.615. The van der Waals surface area contributed by atoms with Crippen molar-refractivity contribution in [3.8, 4) is 11.8 Å². The van der Waals surface area contributed by atoms with Gasteiger partial charge in [-0.3, -0.25) is 9.48 Å². The molecule has 6 heteroatoms. The van der Waals surface area contributed by atoms with Crippen molar-refractivity contribution in [2.75, 3.05) is 13.2 Å². The molecule has 19 heavy (non-hydrogen) atoms. The van der Waals surface area contributed by atoms with Crippen LogP contribution in [0, 0.1) is 11.8 Å². The second-order valence-electron chi connectivity index (χ2n) is 4.19. The number of nitrogens with zero attached hydrogens (tertiary/aromatic N) is 3. The van der Waals surface area contributed by atoms with Crippen molar-refractivity contribution in [2.24, 2.45) is 5.73 Å². The number of hydrogen-bond acceptors (Lipinski definition) is 5. The highest BCUT2D eigenvalue weighted by Crippen LogP contribution is 1.98. The van der Waals surface area contributed by atoms with Crippen LogP contribution in [0.2, 0.25) is 0 Å². The highest BCUT2D eigenvalue weighted by Gasteiger charge is 2.04. The Morgan fingerprint density at radius 2 is 2.42 bits per heavy atom. The van der Waals surface area contributed by atoms with Gasteiger partial charge in [-0.15, -0.1) is 5.10 Å². The number of aromatic nitrogens is 3. The van der Waals surface area contributed by atoms with Gasteiger partial charge in [0.05, 0.1) is 19.4 Å². The lowest BCUT2D eigenvalue weighted by Crippen LogP contribution is -2.27. The van der Waals surface area contributed by atoms with Crippen LogP contribution in [0.15, 0.2) is 12.4 Å². The van der Waals surface area contributed by atoms with E-state index >= 15 is 0 Å². The molecule has 0 saturated heterocycles. The van der Waals surface area contributed by atoms with Crippen LogP contribution in [-0.4, -0.2) is 40.0 Å². The number of ether oxygens (including phenoxy) is 1. The van der Waals surface area contributed by atoms with Gasteiger partial charge in [0.2, 0.25) is 5.78 Å². The highest BCUT2D eigenvalue weighted by molar-refractivity contribution is 5.95. The lowest BCUT2D eigenvalue weighted by Gasteiger charge is -2.11. The summed E-state index contributed by atoms with van der Waals surface area (Å²) in [5, 5.41) is 7.60. The van der Waals surface area contributed by atoms with E-state index in [1.807, 2.05) is 6.20 Å². The Labute approximate surface area is 113 Å².